The number of aromatic nitrogens is 1. The first-order chi connectivity index (χ1) is 14.4. The summed E-state index contributed by atoms with van der Waals surface area (Å²) in [7, 11) is 0. The molecule has 2 saturated heterocycles. The maximum atomic E-state index is 14.0. The number of hydrogen-bond acceptors (Lipinski definition) is 6. The van der Waals surface area contributed by atoms with E-state index < -0.39 is 64.7 Å². The van der Waals surface area contributed by atoms with Crippen LogP contribution in [0.15, 0.2) is 6.07 Å². The highest BCUT2D eigenvalue weighted by molar-refractivity contribution is 6.29. The van der Waals surface area contributed by atoms with Crippen LogP contribution in [0.2, 0.25) is 5.15 Å². The van der Waals surface area contributed by atoms with Gasteiger partial charge in [0.05, 0.1) is 12.1 Å². The molecule has 2 aliphatic heterocycles. The molecule has 0 radical (unpaired) electrons. The number of amides is 1. The molecule has 8 nitrogen and oxygen atoms in total. The molecule has 1 amide bonds. The normalized spacial score (nSPS) is 24.3. The lowest BCUT2D eigenvalue weighted by molar-refractivity contribution is -0.0478. The summed E-state index contributed by atoms with van der Waals surface area (Å²) in [5.74, 6) is -3.46. The fraction of sp³-hybridized carbons (Fsp3) is 0.632. The summed E-state index contributed by atoms with van der Waals surface area (Å²) in [6, 6.07) is -1.37. The Hall–Kier alpha value is -2.27. The van der Waals surface area contributed by atoms with Gasteiger partial charge in [0.2, 0.25) is 5.88 Å². The van der Waals surface area contributed by atoms with Crippen molar-refractivity contribution in [3.63, 3.8) is 0 Å². The standard InChI is InChI=1S/C19H23ClF3N3O5/c1-19(2,3)31-18(29)26-8-4-5-11(26)12(24-7-8)13(15(22)23)30-16-9(17(27)28)6-10(21)14(20)25-16/h6,8,11-13,15,24H,4-5,7H2,1-3H3,(H,27,28)/t8-,11+,12-,13+/m0/s1. The van der Waals surface area contributed by atoms with E-state index in [1.54, 1.807) is 20.8 Å². The molecule has 12 heteroatoms. The Kier molecular flexibility index (Phi) is 6.56. The second kappa shape index (κ2) is 8.70. The number of fused-ring (bicyclic) bond motifs is 2. The van der Waals surface area contributed by atoms with Crippen molar-refractivity contribution in [3.05, 3.63) is 22.6 Å². The minimum Gasteiger partial charge on any atom is -0.477 e. The maximum absolute atomic E-state index is 14.0. The summed E-state index contributed by atoms with van der Waals surface area (Å²) in [5, 5.41) is 11.5. The van der Waals surface area contributed by atoms with Gasteiger partial charge in [0, 0.05) is 12.6 Å². The second-order valence-electron chi connectivity index (χ2n) is 8.46. The van der Waals surface area contributed by atoms with E-state index in [0.29, 0.717) is 18.9 Å². The number of carbonyl (C=O) groups excluding carboxylic acids is 1. The van der Waals surface area contributed by atoms with Crippen molar-refractivity contribution in [3.8, 4) is 5.88 Å². The van der Waals surface area contributed by atoms with Gasteiger partial charge in [-0.1, -0.05) is 11.6 Å². The molecule has 2 bridgehead atoms. The number of piperazine rings is 1. The van der Waals surface area contributed by atoms with Crippen LogP contribution in [0.3, 0.4) is 0 Å². The van der Waals surface area contributed by atoms with Crippen molar-refractivity contribution in [2.45, 2.75) is 69.9 Å². The average Bonchev–Trinajstić information content (AvgIpc) is 2.95. The molecule has 2 fully saturated rings. The van der Waals surface area contributed by atoms with Gasteiger partial charge in [0.25, 0.3) is 6.43 Å². The van der Waals surface area contributed by atoms with Crippen LogP contribution in [0.5, 0.6) is 5.88 Å². The van der Waals surface area contributed by atoms with Crippen LogP contribution in [0.1, 0.15) is 44.0 Å². The lowest BCUT2D eigenvalue weighted by atomic mass is 9.99. The Balaban J connectivity index is 1.89. The third kappa shape index (κ3) is 4.98. The highest BCUT2D eigenvalue weighted by Gasteiger charge is 2.51. The first-order valence-corrected chi connectivity index (χ1v) is 10.1. The van der Waals surface area contributed by atoms with Crippen molar-refractivity contribution in [2.24, 2.45) is 0 Å². The summed E-state index contributed by atoms with van der Waals surface area (Å²) in [6.45, 7) is 5.34. The number of rotatable bonds is 5. The highest BCUT2D eigenvalue weighted by atomic mass is 35.5. The van der Waals surface area contributed by atoms with Crippen molar-refractivity contribution in [1.82, 2.24) is 15.2 Å². The third-order valence-corrected chi connectivity index (χ3v) is 5.40. The fourth-order valence-electron chi connectivity index (χ4n) is 3.91. The second-order valence-corrected chi connectivity index (χ2v) is 8.81. The van der Waals surface area contributed by atoms with Crippen LogP contribution < -0.4 is 10.1 Å². The summed E-state index contributed by atoms with van der Waals surface area (Å²) in [6.07, 6.45) is -4.54. The van der Waals surface area contributed by atoms with Crippen molar-refractivity contribution in [1.29, 1.82) is 0 Å². The number of carboxylic acids is 1. The third-order valence-electron chi connectivity index (χ3n) is 5.13. The van der Waals surface area contributed by atoms with Crippen molar-refractivity contribution >= 4 is 23.7 Å². The van der Waals surface area contributed by atoms with E-state index >= 15 is 0 Å². The SMILES string of the molecule is CC(C)(C)OC(=O)N1[C@H]2CC[C@@H]1[C@@H]([C@@H](Oc1nc(Cl)c(F)cc1C(=O)O)C(F)F)NC2. The Morgan fingerprint density at radius 2 is 2.03 bits per heavy atom. The first kappa shape index (κ1) is 23.4. The zero-order valence-electron chi connectivity index (χ0n) is 17.1. The van der Waals surface area contributed by atoms with E-state index in [9.17, 15) is 27.9 Å². The predicted molar refractivity (Wildman–Crippen MR) is 103 cm³/mol. The number of ether oxygens (including phenoxy) is 2. The average molecular weight is 466 g/mol. The molecule has 1 aromatic heterocycles. The van der Waals surface area contributed by atoms with Crippen LogP contribution >= 0.6 is 11.6 Å². The molecule has 0 unspecified atom stereocenters. The van der Waals surface area contributed by atoms with Gasteiger partial charge in [0.1, 0.15) is 11.2 Å². The van der Waals surface area contributed by atoms with Crippen molar-refractivity contribution in [2.75, 3.05) is 6.54 Å². The number of nitrogens with one attached hydrogen (secondary N) is 1. The molecule has 4 atom stereocenters. The van der Waals surface area contributed by atoms with E-state index in [-0.39, 0.29) is 12.6 Å². The predicted octanol–water partition coefficient (Wildman–Crippen LogP) is 3.32. The minimum atomic E-state index is -3.07. The van der Waals surface area contributed by atoms with Crippen LogP contribution in [-0.2, 0) is 4.74 Å². The summed E-state index contributed by atoms with van der Waals surface area (Å²) in [4.78, 5) is 29.0. The molecule has 0 saturated carbocycles. The molecule has 1 aromatic rings. The topological polar surface area (TPSA) is 101 Å². The number of pyridine rings is 1. The first-order valence-electron chi connectivity index (χ1n) is 9.68. The largest absolute Gasteiger partial charge is 0.477 e. The molecule has 2 N–H and O–H groups in total. The maximum Gasteiger partial charge on any atom is 0.410 e. The number of carboxylic acid groups (broad SMARTS) is 1. The number of nitrogens with zero attached hydrogens (tertiary/aromatic N) is 2. The van der Waals surface area contributed by atoms with E-state index in [4.69, 9.17) is 21.1 Å². The molecule has 31 heavy (non-hydrogen) atoms. The van der Waals surface area contributed by atoms with E-state index in [1.807, 2.05) is 0 Å². The summed E-state index contributed by atoms with van der Waals surface area (Å²) >= 11 is 5.60. The molecule has 0 aliphatic carbocycles. The minimum absolute atomic E-state index is 0.220. The smallest absolute Gasteiger partial charge is 0.410 e. The fourth-order valence-corrected chi connectivity index (χ4v) is 4.04. The number of hydrogen-bond donors (Lipinski definition) is 2. The molecule has 0 aromatic carbocycles. The van der Waals surface area contributed by atoms with Crippen LogP contribution in [0.25, 0.3) is 0 Å². The van der Waals surface area contributed by atoms with Gasteiger partial charge in [-0.25, -0.2) is 22.8 Å². The molecule has 3 rings (SSSR count). The van der Waals surface area contributed by atoms with Gasteiger partial charge >= 0.3 is 12.1 Å². The number of carbonyl (C=O) groups is 2. The van der Waals surface area contributed by atoms with Gasteiger partial charge in [-0.15, -0.1) is 0 Å². The Bertz CT molecular complexity index is 867. The Morgan fingerprint density at radius 1 is 1.35 bits per heavy atom. The zero-order chi connectivity index (χ0) is 23.1. The molecule has 2 aliphatic rings. The quantitative estimate of drug-likeness (QED) is 0.643. The zero-order valence-corrected chi connectivity index (χ0v) is 17.8. The van der Waals surface area contributed by atoms with E-state index in [0.717, 1.165) is 0 Å². The number of halogens is 4. The van der Waals surface area contributed by atoms with E-state index in [2.05, 4.69) is 10.3 Å². The molecule has 0 spiro atoms. The number of alkyl halides is 2. The lowest BCUT2D eigenvalue weighted by Crippen LogP contribution is -2.65. The van der Waals surface area contributed by atoms with Crippen LogP contribution in [0, 0.1) is 5.82 Å². The Morgan fingerprint density at radius 3 is 2.61 bits per heavy atom. The van der Waals surface area contributed by atoms with E-state index in [1.165, 1.54) is 4.90 Å². The molecular formula is C19H23ClF3N3O5. The van der Waals surface area contributed by atoms with Gasteiger partial charge in [-0.2, -0.15) is 4.98 Å². The Labute approximate surface area is 181 Å². The lowest BCUT2D eigenvalue weighted by Gasteiger charge is -2.43. The van der Waals surface area contributed by atoms with Crippen molar-refractivity contribution < 1.29 is 37.3 Å². The summed E-state index contributed by atoms with van der Waals surface area (Å²) < 4.78 is 52.4. The van der Waals surface area contributed by atoms with Gasteiger partial charge < -0.3 is 19.9 Å². The van der Waals surface area contributed by atoms with Crippen LogP contribution in [-0.4, -0.2) is 69.9 Å². The highest BCUT2D eigenvalue weighted by Crippen LogP contribution is 2.35. The molecule has 172 valence electrons. The molecule has 3 heterocycles. The van der Waals surface area contributed by atoms with Gasteiger partial charge in [0.15, 0.2) is 17.1 Å². The number of aromatic carboxylic acids is 1. The van der Waals surface area contributed by atoms with Crippen LogP contribution in [0.4, 0.5) is 18.0 Å². The van der Waals surface area contributed by atoms with Gasteiger partial charge in [-0.05, 0) is 39.7 Å². The summed E-state index contributed by atoms with van der Waals surface area (Å²) in [5.41, 5.74) is -1.50. The monoisotopic (exact) mass is 465 g/mol. The molecular weight excluding hydrogens is 443 g/mol. The van der Waals surface area contributed by atoms with Gasteiger partial charge in [-0.3, -0.25) is 4.90 Å².